The molecule has 1 atom stereocenters. The van der Waals surface area contributed by atoms with Crippen LogP contribution in [0.1, 0.15) is 75.8 Å². The standard InChI is InChI=1S/C17H31N3S/c1-5-12(3)16-15(11-18)21-17(19-16)20(4)14-9-7-13(6-2)8-10-14/h12-14H,5-11,18H2,1-4H3. The summed E-state index contributed by atoms with van der Waals surface area (Å²) in [6.07, 6.45) is 7.83. The van der Waals surface area contributed by atoms with E-state index in [1.807, 2.05) is 0 Å². The molecule has 120 valence electrons. The number of anilines is 1. The molecule has 2 rings (SSSR count). The Labute approximate surface area is 133 Å². The van der Waals surface area contributed by atoms with Crippen LogP contribution in [0.2, 0.25) is 0 Å². The van der Waals surface area contributed by atoms with Gasteiger partial charge in [0.15, 0.2) is 5.13 Å². The van der Waals surface area contributed by atoms with Crippen LogP contribution in [0.25, 0.3) is 0 Å². The van der Waals surface area contributed by atoms with E-state index >= 15 is 0 Å². The second-order valence-corrected chi connectivity index (χ2v) is 7.57. The minimum atomic E-state index is 0.512. The van der Waals surface area contributed by atoms with Gasteiger partial charge in [0, 0.05) is 24.5 Å². The second kappa shape index (κ2) is 7.59. The maximum Gasteiger partial charge on any atom is 0.185 e. The van der Waals surface area contributed by atoms with E-state index in [1.54, 1.807) is 11.3 Å². The number of nitrogens with two attached hydrogens (primary N) is 1. The molecule has 0 bridgehead atoms. The quantitative estimate of drug-likeness (QED) is 0.840. The average Bonchev–Trinajstić information content (AvgIpc) is 2.97. The lowest BCUT2D eigenvalue weighted by atomic mass is 9.84. The van der Waals surface area contributed by atoms with Crippen LogP contribution in [0.5, 0.6) is 0 Å². The van der Waals surface area contributed by atoms with Gasteiger partial charge in [0.05, 0.1) is 5.69 Å². The van der Waals surface area contributed by atoms with Gasteiger partial charge < -0.3 is 10.6 Å². The third kappa shape index (κ3) is 3.78. The van der Waals surface area contributed by atoms with E-state index in [9.17, 15) is 0 Å². The SMILES string of the molecule is CCC1CCC(N(C)c2nc(C(C)CC)c(CN)s2)CC1. The lowest BCUT2D eigenvalue weighted by Gasteiger charge is -2.34. The van der Waals surface area contributed by atoms with E-state index in [4.69, 9.17) is 10.7 Å². The van der Waals surface area contributed by atoms with Crippen LogP contribution in [-0.4, -0.2) is 18.1 Å². The van der Waals surface area contributed by atoms with Crippen LogP contribution in [0.3, 0.4) is 0 Å². The van der Waals surface area contributed by atoms with Gasteiger partial charge in [-0.15, -0.1) is 11.3 Å². The topological polar surface area (TPSA) is 42.2 Å². The van der Waals surface area contributed by atoms with Crippen LogP contribution >= 0.6 is 11.3 Å². The predicted molar refractivity (Wildman–Crippen MR) is 93.2 cm³/mol. The summed E-state index contributed by atoms with van der Waals surface area (Å²) < 4.78 is 0. The fourth-order valence-corrected chi connectivity index (χ4v) is 4.41. The van der Waals surface area contributed by atoms with E-state index in [0.29, 0.717) is 18.5 Å². The predicted octanol–water partition coefficient (Wildman–Crippen LogP) is 4.52. The van der Waals surface area contributed by atoms with E-state index in [1.165, 1.54) is 47.8 Å². The largest absolute Gasteiger partial charge is 0.348 e. The van der Waals surface area contributed by atoms with Gasteiger partial charge in [0.25, 0.3) is 0 Å². The summed E-state index contributed by atoms with van der Waals surface area (Å²) in [5, 5.41) is 1.17. The number of hydrogen-bond donors (Lipinski definition) is 1. The summed E-state index contributed by atoms with van der Waals surface area (Å²) >= 11 is 1.80. The van der Waals surface area contributed by atoms with Crippen molar-refractivity contribution in [3.05, 3.63) is 10.6 Å². The molecule has 0 spiro atoms. The fraction of sp³-hybridized carbons (Fsp3) is 0.824. The molecule has 0 amide bonds. The summed E-state index contributed by atoms with van der Waals surface area (Å²) in [6, 6.07) is 0.661. The number of rotatable bonds is 6. The molecule has 1 heterocycles. The van der Waals surface area contributed by atoms with Gasteiger partial charge in [-0.1, -0.05) is 27.2 Å². The molecule has 0 saturated heterocycles. The Bertz CT molecular complexity index is 435. The molecule has 0 radical (unpaired) electrons. The highest BCUT2D eigenvalue weighted by molar-refractivity contribution is 7.15. The molecule has 1 fully saturated rings. The molecule has 4 heteroatoms. The van der Waals surface area contributed by atoms with Gasteiger partial charge in [-0.3, -0.25) is 0 Å². The van der Waals surface area contributed by atoms with Crippen molar-refractivity contribution >= 4 is 16.5 Å². The van der Waals surface area contributed by atoms with E-state index in [0.717, 1.165) is 12.3 Å². The Kier molecular flexibility index (Phi) is 6.06. The number of hydrogen-bond acceptors (Lipinski definition) is 4. The van der Waals surface area contributed by atoms with Gasteiger partial charge in [0.1, 0.15) is 0 Å². The molecule has 1 aromatic rings. The molecule has 1 aromatic heterocycles. The van der Waals surface area contributed by atoms with Gasteiger partial charge >= 0.3 is 0 Å². The normalized spacial score (nSPS) is 24.0. The Balaban J connectivity index is 2.09. The van der Waals surface area contributed by atoms with Crippen molar-refractivity contribution in [2.45, 2.75) is 77.8 Å². The fourth-order valence-electron chi connectivity index (χ4n) is 3.32. The molecular formula is C17H31N3S. The first-order valence-electron chi connectivity index (χ1n) is 8.53. The first kappa shape index (κ1) is 16.8. The number of thiazole rings is 1. The van der Waals surface area contributed by atoms with Crippen molar-refractivity contribution < 1.29 is 0 Å². The monoisotopic (exact) mass is 309 g/mol. The first-order chi connectivity index (χ1) is 10.1. The molecule has 21 heavy (non-hydrogen) atoms. The summed E-state index contributed by atoms with van der Waals surface area (Å²) in [6.45, 7) is 7.42. The molecular weight excluding hydrogens is 278 g/mol. The van der Waals surface area contributed by atoms with E-state index in [-0.39, 0.29) is 0 Å². The van der Waals surface area contributed by atoms with Crippen LogP contribution in [0.15, 0.2) is 0 Å². The highest BCUT2D eigenvalue weighted by atomic mass is 32.1. The third-order valence-corrected chi connectivity index (χ3v) is 6.41. The molecule has 1 unspecified atom stereocenters. The summed E-state index contributed by atoms with van der Waals surface area (Å²) in [4.78, 5) is 8.62. The number of nitrogens with zero attached hydrogens (tertiary/aromatic N) is 2. The Hall–Kier alpha value is -0.610. The maximum atomic E-state index is 5.92. The van der Waals surface area contributed by atoms with E-state index in [2.05, 4.69) is 32.7 Å². The lowest BCUT2D eigenvalue weighted by molar-refractivity contribution is 0.313. The van der Waals surface area contributed by atoms with Crippen LogP contribution in [0, 0.1) is 5.92 Å². The molecule has 1 saturated carbocycles. The molecule has 0 aliphatic heterocycles. The third-order valence-electron chi connectivity index (χ3n) is 5.22. The van der Waals surface area contributed by atoms with Crippen molar-refractivity contribution in [3.8, 4) is 0 Å². The van der Waals surface area contributed by atoms with Crippen molar-refractivity contribution in [3.63, 3.8) is 0 Å². The van der Waals surface area contributed by atoms with Gasteiger partial charge in [-0.25, -0.2) is 4.98 Å². The summed E-state index contributed by atoms with van der Waals surface area (Å²) in [5.41, 5.74) is 7.15. The van der Waals surface area contributed by atoms with Crippen molar-refractivity contribution in [1.29, 1.82) is 0 Å². The Morgan fingerprint density at radius 3 is 2.48 bits per heavy atom. The van der Waals surface area contributed by atoms with Gasteiger partial charge in [-0.05, 0) is 43.9 Å². The Morgan fingerprint density at radius 2 is 1.95 bits per heavy atom. The molecule has 0 aromatic carbocycles. The molecule has 3 nitrogen and oxygen atoms in total. The van der Waals surface area contributed by atoms with Crippen LogP contribution in [0.4, 0.5) is 5.13 Å². The number of aromatic nitrogens is 1. The van der Waals surface area contributed by atoms with Gasteiger partial charge in [-0.2, -0.15) is 0 Å². The lowest BCUT2D eigenvalue weighted by Crippen LogP contribution is -2.35. The summed E-state index contributed by atoms with van der Waals surface area (Å²) in [5.74, 6) is 1.46. The van der Waals surface area contributed by atoms with Crippen molar-refractivity contribution in [2.75, 3.05) is 11.9 Å². The minimum absolute atomic E-state index is 0.512. The zero-order chi connectivity index (χ0) is 15.4. The first-order valence-corrected chi connectivity index (χ1v) is 9.34. The van der Waals surface area contributed by atoms with Crippen LogP contribution < -0.4 is 10.6 Å². The molecule has 2 N–H and O–H groups in total. The maximum absolute atomic E-state index is 5.92. The zero-order valence-corrected chi connectivity index (χ0v) is 14.9. The minimum Gasteiger partial charge on any atom is -0.348 e. The van der Waals surface area contributed by atoms with Crippen LogP contribution in [-0.2, 0) is 6.54 Å². The highest BCUT2D eigenvalue weighted by Crippen LogP contribution is 2.35. The van der Waals surface area contributed by atoms with Crippen molar-refractivity contribution in [1.82, 2.24) is 4.98 Å². The van der Waals surface area contributed by atoms with E-state index < -0.39 is 0 Å². The smallest absolute Gasteiger partial charge is 0.185 e. The zero-order valence-electron chi connectivity index (χ0n) is 14.1. The highest BCUT2D eigenvalue weighted by Gasteiger charge is 2.26. The Morgan fingerprint density at radius 1 is 1.29 bits per heavy atom. The summed E-state index contributed by atoms with van der Waals surface area (Å²) in [7, 11) is 2.22. The second-order valence-electron chi connectivity index (χ2n) is 6.51. The average molecular weight is 310 g/mol. The van der Waals surface area contributed by atoms with Gasteiger partial charge in [0.2, 0.25) is 0 Å². The molecule has 1 aliphatic rings. The molecule has 1 aliphatic carbocycles. The van der Waals surface area contributed by atoms with Crippen molar-refractivity contribution in [2.24, 2.45) is 11.7 Å².